The molecule has 0 spiro atoms. The van der Waals surface area contributed by atoms with Gasteiger partial charge in [0.05, 0.1) is 11.4 Å². The van der Waals surface area contributed by atoms with E-state index in [0.29, 0.717) is 6.04 Å². The van der Waals surface area contributed by atoms with Gasteiger partial charge in [0.1, 0.15) is 5.84 Å². The highest BCUT2D eigenvalue weighted by molar-refractivity contribution is 6.07. The van der Waals surface area contributed by atoms with Crippen molar-refractivity contribution in [3.8, 4) is 0 Å². The van der Waals surface area contributed by atoms with Gasteiger partial charge < -0.3 is 10.2 Å². The van der Waals surface area contributed by atoms with Gasteiger partial charge in [-0.25, -0.2) is 4.99 Å². The minimum atomic E-state index is 0.695. The van der Waals surface area contributed by atoms with E-state index in [-0.39, 0.29) is 0 Å². The maximum atomic E-state index is 5.08. The van der Waals surface area contributed by atoms with Crippen molar-refractivity contribution in [3.63, 3.8) is 0 Å². The summed E-state index contributed by atoms with van der Waals surface area (Å²) in [4.78, 5) is 10.2. The Bertz CT molecular complexity index is 798. The molecule has 4 nitrogen and oxygen atoms in total. The number of hydrogen-bond acceptors (Lipinski definition) is 4. The first kappa shape index (κ1) is 14.1. The van der Waals surface area contributed by atoms with Gasteiger partial charge in [0.15, 0.2) is 0 Å². The summed E-state index contributed by atoms with van der Waals surface area (Å²) in [5.41, 5.74) is 4.47. The molecule has 2 aromatic carbocycles. The van der Waals surface area contributed by atoms with Crippen LogP contribution in [-0.2, 0) is 0 Å². The molecule has 3 aliphatic rings. The van der Waals surface area contributed by atoms with Gasteiger partial charge >= 0.3 is 0 Å². The first-order valence-corrected chi connectivity index (χ1v) is 8.92. The number of nitrogens with one attached hydrogen (secondary N) is 1. The molecular weight excluding hydrogens is 296 g/mol. The first-order chi connectivity index (χ1) is 11.9. The molecule has 0 saturated carbocycles. The van der Waals surface area contributed by atoms with Crippen molar-refractivity contribution in [2.75, 3.05) is 31.5 Å². The fourth-order valence-corrected chi connectivity index (χ4v) is 4.21. The van der Waals surface area contributed by atoms with Gasteiger partial charge in [-0.3, -0.25) is 4.90 Å². The van der Waals surface area contributed by atoms with Gasteiger partial charge in [-0.1, -0.05) is 24.3 Å². The maximum Gasteiger partial charge on any atom is 0.138 e. The van der Waals surface area contributed by atoms with Crippen LogP contribution in [0.3, 0.4) is 0 Å². The minimum absolute atomic E-state index is 0.695. The molecule has 1 atom stereocenters. The van der Waals surface area contributed by atoms with Crippen LogP contribution < -0.4 is 5.32 Å². The Morgan fingerprint density at radius 2 is 1.75 bits per heavy atom. The molecule has 2 fully saturated rings. The number of nitrogens with zero attached hydrogens (tertiary/aromatic N) is 3. The van der Waals surface area contributed by atoms with Crippen LogP contribution in [0, 0.1) is 0 Å². The molecule has 0 amide bonds. The molecule has 0 aromatic heterocycles. The van der Waals surface area contributed by atoms with Gasteiger partial charge in [-0.2, -0.15) is 0 Å². The molecule has 3 heterocycles. The maximum absolute atomic E-state index is 5.08. The van der Waals surface area contributed by atoms with E-state index in [0.717, 1.165) is 42.5 Å². The van der Waals surface area contributed by atoms with Crippen LogP contribution in [0.5, 0.6) is 0 Å². The average Bonchev–Trinajstić information content (AvgIpc) is 3.02. The van der Waals surface area contributed by atoms with Gasteiger partial charge in [0.2, 0.25) is 0 Å². The lowest BCUT2D eigenvalue weighted by Crippen LogP contribution is -2.52. The number of para-hydroxylation sites is 3. The Labute approximate surface area is 142 Å². The smallest absolute Gasteiger partial charge is 0.138 e. The second-order valence-electron chi connectivity index (χ2n) is 6.90. The number of rotatable bonds is 0. The minimum Gasteiger partial charge on any atom is -0.353 e. The van der Waals surface area contributed by atoms with E-state index in [4.69, 9.17) is 4.99 Å². The lowest BCUT2D eigenvalue weighted by atomic mass is 10.1. The summed E-state index contributed by atoms with van der Waals surface area (Å²) in [7, 11) is 0. The Balaban J connectivity index is 1.59. The number of anilines is 2. The van der Waals surface area contributed by atoms with E-state index >= 15 is 0 Å². The monoisotopic (exact) mass is 318 g/mol. The molecule has 3 aliphatic heterocycles. The van der Waals surface area contributed by atoms with Crippen molar-refractivity contribution >= 4 is 22.9 Å². The third-order valence-corrected chi connectivity index (χ3v) is 5.45. The van der Waals surface area contributed by atoms with Crippen LogP contribution in [0.2, 0.25) is 0 Å². The molecule has 1 N–H and O–H groups in total. The summed E-state index contributed by atoms with van der Waals surface area (Å²) >= 11 is 0. The van der Waals surface area contributed by atoms with Crippen LogP contribution >= 0.6 is 0 Å². The summed E-state index contributed by atoms with van der Waals surface area (Å²) in [6.07, 6.45) is 2.66. The predicted octanol–water partition coefficient (Wildman–Crippen LogP) is 3.60. The second kappa shape index (κ2) is 5.64. The van der Waals surface area contributed by atoms with E-state index in [1.165, 1.54) is 24.9 Å². The Morgan fingerprint density at radius 1 is 0.917 bits per heavy atom. The Kier molecular flexibility index (Phi) is 3.30. The van der Waals surface area contributed by atoms with E-state index in [9.17, 15) is 0 Å². The number of fused-ring (bicyclic) bond motifs is 3. The van der Waals surface area contributed by atoms with Gasteiger partial charge in [-0.15, -0.1) is 0 Å². The van der Waals surface area contributed by atoms with Crippen LogP contribution in [-0.4, -0.2) is 47.9 Å². The number of piperazine rings is 1. The molecule has 2 saturated heterocycles. The zero-order chi connectivity index (χ0) is 15.9. The third-order valence-electron chi connectivity index (χ3n) is 5.45. The quantitative estimate of drug-likeness (QED) is 0.805. The average molecular weight is 318 g/mol. The lowest BCUT2D eigenvalue weighted by Gasteiger charge is -2.39. The van der Waals surface area contributed by atoms with Gasteiger partial charge in [0, 0.05) is 36.9 Å². The SMILES string of the molecule is c1ccc2c(c1)N=C(N1CCN3CCCC3C1)c1ccccc1N2. The van der Waals surface area contributed by atoms with Crippen molar-refractivity contribution < 1.29 is 0 Å². The number of aliphatic imine (C=N–C) groups is 1. The highest BCUT2D eigenvalue weighted by atomic mass is 15.3. The highest BCUT2D eigenvalue weighted by Gasteiger charge is 2.33. The number of benzene rings is 2. The van der Waals surface area contributed by atoms with Crippen LogP contribution in [0.1, 0.15) is 18.4 Å². The highest BCUT2D eigenvalue weighted by Crippen LogP contribution is 2.35. The normalized spacial score (nSPS) is 22.8. The van der Waals surface area contributed by atoms with Gasteiger partial charge in [0.25, 0.3) is 0 Å². The van der Waals surface area contributed by atoms with Gasteiger partial charge in [-0.05, 0) is 43.7 Å². The number of amidine groups is 1. The molecule has 0 bridgehead atoms. The van der Waals surface area contributed by atoms with Crippen molar-refractivity contribution in [1.82, 2.24) is 9.80 Å². The van der Waals surface area contributed by atoms with Crippen molar-refractivity contribution in [2.24, 2.45) is 4.99 Å². The molecule has 122 valence electrons. The first-order valence-electron chi connectivity index (χ1n) is 8.92. The number of hydrogen-bond donors (Lipinski definition) is 1. The zero-order valence-electron chi connectivity index (χ0n) is 13.8. The largest absolute Gasteiger partial charge is 0.353 e. The van der Waals surface area contributed by atoms with Crippen molar-refractivity contribution in [2.45, 2.75) is 18.9 Å². The molecule has 1 unspecified atom stereocenters. The second-order valence-corrected chi connectivity index (χ2v) is 6.90. The van der Waals surface area contributed by atoms with Crippen LogP contribution in [0.15, 0.2) is 53.5 Å². The molecule has 2 aromatic rings. The molecule has 0 radical (unpaired) electrons. The van der Waals surface area contributed by atoms with Crippen LogP contribution in [0.25, 0.3) is 0 Å². The molecular formula is C20H22N4. The standard InChI is InChI=1S/C20H22N4/c1-2-8-17-16(7-1)20(22-19-10-4-3-9-18(19)21-17)24-13-12-23-11-5-6-15(23)14-24/h1-4,7-10,15,21H,5-6,11-14H2. The van der Waals surface area contributed by atoms with E-state index < -0.39 is 0 Å². The predicted molar refractivity (Wildman–Crippen MR) is 98.5 cm³/mol. The topological polar surface area (TPSA) is 30.9 Å². The van der Waals surface area contributed by atoms with E-state index in [1.807, 2.05) is 0 Å². The Morgan fingerprint density at radius 3 is 2.71 bits per heavy atom. The summed E-state index contributed by atoms with van der Waals surface area (Å²) in [6, 6.07) is 17.6. The molecule has 4 heteroatoms. The fourth-order valence-electron chi connectivity index (χ4n) is 4.21. The molecule has 0 aliphatic carbocycles. The summed E-state index contributed by atoms with van der Waals surface area (Å²) in [5, 5.41) is 3.57. The van der Waals surface area contributed by atoms with Crippen molar-refractivity contribution in [1.29, 1.82) is 0 Å². The van der Waals surface area contributed by atoms with E-state index in [1.54, 1.807) is 0 Å². The van der Waals surface area contributed by atoms with Crippen molar-refractivity contribution in [3.05, 3.63) is 54.1 Å². The molecule has 24 heavy (non-hydrogen) atoms. The third kappa shape index (κ3) is 2.29. The van der Waals surface area contributed by atoms with Crippen LogP contribution in [0.4, 0.5) is 17.1 Å². The molecule has 5 rings (SSSR count). The summed E-state index contributed by atoms with van der Waals surface area (Å²) in [5.74, 6) is 1.12. The summed E-state index contributed by atoms with van der Waals surface area (Å²) in [6.45, 7) is 4.58. The summed E-state index contributed by atoms with van der Waals surface area (Å²) < 4.78 is 0. The van der Waals surface area contributed by atoms with E-state index in [2.05, 4.69) is 63.6 Å². The lowest BCUT2D eigenvalue weighted by molar-refractivity contribution is 0.152. The Hall–Kier alpha value is -2.33. The zero-order valence-corrected chi connectivity index (χ0v) is 13.8. The fraction of sp³-hybridized carbons (Fsp3) is 0.350.